The Hall–Kier alpha value is -1.24. The lowest BCUT2D eigenvalue weighted by molar-refractivity contribution is 0.00638. The van der Waals surface area contributed by atoms with Crippen LogP contribution in [0.5, 0.6) is 0 Å². The summed E-state index contributed by atoms with van der Waals surface area (Å²) in [6.07, 6.45) is 0.312. The third-order valence-corrected chi connectivity index (χ3v) is 5.36. The van der Waals surface area contributed by atoms with E-state index in [2.05, 4.69) is 4.72 Å². The maximum Gasteiger partial charge on any atom is 0.241 e. The molecule has 0 aliphatic heterocycles. The van der Waals surface area contributed by atoms with E-state index in [0.29, 0.717) is 12.0 Å². The molecule has 6 heteroatoms. The Morgan fingerprint density at radius 2 is 1.81 bits per heavy atom. The molecular weight excluding hydrogens is 290 g/mol. The summed E-state index contributed by atoms with van der Waals surface area (Å²) in [6.45, 7) is 8.00. The number of carbonyl (C=O) groups excluding carboxylic acids is 1. The van der Waals surface area contributed by atoms with E-state index in [1.807, 2.05) is 0 Å². The maximum absolute atomic E-state index is 12.4. The zero-order valence-corrected chi connectivity index (χ0v) is 13.9. The second-order valence-electron chi connectivity index (χ2n) is 6.09. The van der Waals surface area contributed by atoms with Gasteiger partial charge in [0.15, 0.2) is 5.78 Å². The van der Waals surface area contributed by atoms with Gasteiger partial charge < -0.3 is 5.11 Å². The second-order valence-corrected chi connectivity index (χ2v) is 7.78. The lowest BCUT2D eigenvalue weighted by Crippen LogP contribution is -2.57. The van der Waals surface area contributed by atoms with Crippen molar-refractivity contribution in [3.05, 3.63) is 29.8 Å². The normalized spacial score (nSPS) is 13.2. The first kappa shape index (κ1) is 17.8. The highest BCUT2D eigenvalue weighted by molar-refractivity contribution is 7.89. The lowest BCUT2D eigenvalue weighted by Gasteiger charge is -2.37. The fourth-order valence-corrected chi connectivity index (χ4v) is 3.14. The van der Waals surface area contributed by atoms with Crippen LogP contribution < -0.4 is 4.72 Å². The summed E-state index contributed by atoms with van der Waals surface area (Å²) in [7, 11) is -3.83. The monoisotopic (exact) mass is 313 g/mol. The number of nitrogens with one attached hydrogen (secondary N) is 1. The number of sulfonamides is 1. The Morgan fingerprint density at radius 3 is 2.29 bits per heavy atom. The van der Waals surface area contributed by atoms with Gasteiger partial charge in [0.1, 0.15) is 0 Å². The van der Waals surface area contributed by atoms with Crippen molar-refractivity contribution in [3.63, 3.8) is 0 Å². The molecule has 0 fully saturated rings. The summed E-state index contributed by atoms with van der Waals surface area (Å²) in [5, 5.41) is 10.1. The molecule has 0 saturated carbocycles. The van der Waals surface area contributed by atoms with Crippen LogP contribution in [0.25, 0.3) is 0 Å². The Bertz CT molecular complexity index is 627. The zero-order valence-electron chi connectivity index (χ0n) is 13.1. The van der Waals surface area contributed by atoms with E-state index in [9.17, 15) is 18.3 Å². The van der Waals surface area contributed by atoms with Gasteiger partial charge in [-0.05, 0) is 39.8 Å². The molecule has 0 heterocycles. The molecule has 0 spiro atoms. The van der Waals surface area contributed by atoms with Crippen LogP contribution in [-0.2, 0) is 10.0 Å². The van der Waals surface area contributed by atoms with Crippen molar-refractivity contribution in [3.8, 4) is 0 Å². The molecule has 0 radical (unpaired) electrons. The topological polar surface area (TPSA) is 83.5 Å². The summed E-state index contributed by atoms with van der Waals surface area (Å²) >= 11 is 0. The Kier molecular flexibility index (Phi) is 4.98. The second kappa shape index (κ2) is 5.87. The van der Waals surface area contributed by atoms with Gasteiger partial charge in [-0.3, -0.25) is 4.79 Å². The summed E-state index contributed by atoms with van der Waals surface area (Å²) in [4.78, 5) is 11.7. The Morgan fingerprint density at radius 1 is 1.24 bits per heavy atom. The van der Waals surface area contributed by atoms with E-state index in [-0.39, 0.29) is 10.7 Å². The predicted molar refractivity (Wildman–Crippen MR) is 81.8 cm³/mol. The highest BCUT2D eigenvalue weighted by Crippen LogP contribution is 2.24. The van der Waals surface area contributed by atoms with Crippen LogP contribution in [0.15, 0.2) is 29.2 Å². The first-order valence-corrected chi connectivity index (χ1v) is 8.28. The van der Waals surface area contributed by atoms with Crippen molar-refractivity contribution >= 4 is 15.8 Å². The van der Waals surface area contributed by atoms with E-state index < -0.39 is 21.2 Å². The third kappa shape index (κ3) is 4.12. The standard InChI is InChI=1S/C15H23NO4S/c1-6-13(17)11-8-7-9-12(10-11)21(19,20)16-14(2,3)15(4,5)18/h7-10,16,18H,6H2,1-5H3. The van der Waals surface area contributed by atoms with E-state index >= 15 is 0 Å². The Labute approximate surface area is 126 Å². The van der Waals surface area contributed by atoms with Gasteiger partial charge >= 0.3 is 0 Å². The van der Waals surface area contributed by atoms with Crippen molar-refractivity contribution in [1.82, 2.24) is 4.72 Å². The molecule has 5 nitrogen and oxygen atoms in total. The summed E-state index contributed by atoms with van der Waals surface area (Å²) in [5.41, 5.74) is -1.94. The van der Waals surface area contributed by atoms with E-state index in [4.69, 9.17) is 0 Å². The lowest BCUT2D eigenvalue weighted by atomic mass is 9.87. The molecular formula is C15H23NO4S. The molecule has 1 aromatic rings. The van der Waals surface area contributed by atoms with Crippen molar-refractivity contribution < 1.29 is 18.3 Å². The van der Waals surface area contributed by atoms with E-state index in [1.165, 1.54) is 32.0 Å². The molecule has 0 unspecified atom stereocenters. The quantitative estimate of drug-likeness (QED) is 0.788. The van der Waals surface area contributed by atoms with Gasteiger partial charge in [-0.2, -0.15) is 0 Å². The highest BCUT2D eigenvalue weighted by atomic mass is 32.2. The van der Waals surface area contributed by atoms with Crippen LogP contribution in [0.1, 0.15) is 51.4 Å². The van der Waals surface area contributed by atoms with Gasteiger partial charge in [0.25, 0.3) is 0 Å². The average Bonchev–Trinajstić information content (AvgIpc) is 2.35. The van der Waals surface area contributed by atoms with Crippen molar-refractivity contribution in [2.75, 3.05) is 0 Å². The molecule has 2 N–H and O–H groups in total. The molecule has 0 bridgehead atoms. The fourth-order valence-electron chi connectivity index (χ4n) is 1.56. The molecule has 0 saturated heterocycles. The molecule has 118 valence electrons. The third-order valence-electron chi connectivity index (χ3n) is 3.71. The molecule has 1 rings (SSSR count). The first-order chi connectivity index (χ1) is 9.40. The van der Waals surface area contributed by atoms with Crippen LogP contribution in [0, 0.1) is 0 Å². The van der Waals surface area contributed by atoms with Crippen LogP contribution in [-0.4, -0.2) is 30.4 Å². The van der Waals surface area contributed by atoms with Crippen molar-refractivity contribution in [1.29, 1.82) is 0 Å². The largest absolute Gasteiger partial charge is 0.389 e. The van der Waals surface area contributed by atoms with Crippen LogP contribution in [0.2, 0.25) is 0 Å². The molecule has 21 heavy (non-hydrogen) atoms. The van der Waals surface area contributed by atoms with Gasteiger partial charge in [-0.15, -0.1) is 0 Å². The fraction of sp³-hybridized carbons (Fsp3) is 0.533. The number of hydrogen-bond acceptors (Lipinski definition) is 4. The van der Waals surface area contributed by atoms with Crippen LogP contribution >= 0.6 is 0 Å². The number of carbonyl (C=O) groups is 1. The van der Waals surface area contributed by atoms with E-state index in [0.717, 1.165) is 0 Å². The summed E-state index contributed by atoms with van der Waals surface area (Å²) < 4.78 is 27.3. The molecule has 1 aromatic carbocycles. The van der Waals surface area contributed by atoms with Gasteiger partial charge in [0.2, 0.25) is 10.0 Å². The minimum atomic E-state index is -3.83. The Balaban J connectivity index is 3.18. The van der Waals surface area contributed by atoms with Gasteiger partial charge in [0.05, 0.1) is 16.0 Å². The van der Waals surface area contributed by atoms with E-state index in [1.54, 1.807) is 26.8 Å². The molecule has 0 aliphatic carbocycles. The number of hydrogen-bond donors (Lipinski definition) is 2. The SMILES string of the molecule is CCC(=O)c1cccc(S(=O)(=O)NC(C)(C)C(C)(C)O)c1. The minimum Gasteiger partial charge on any atom is -0.389 e. The highest BCUT2D eigenvalue weighted by Gasteiger charge is 2.38. The average molecular weight is 313 g/mol. The molecule has 0 aliphatic rings. The zero-order chi connectivity index (χ0) is 16.5. The molecule has 0 amide bonds. The van der Waals surface area contributed by atoms with Gasteiger partial charge in [-0.25, -0.2) is 13.1 Å². The molecule has 0 aromatic heterocycles. The van der Waals surface area contributed by atoms with Crippen molar-refractivity contribution in [2.24, 2.45) is 0 Å². The maximum atomic E-state index is 12.4. The number of aliphatic hydroxyl groups is 1. The molecule has 0 atom stereocenters. The minimum absolute atomic E-state index is 0.0131. The van der Waals surface area contributed by atoms with Gasteiger partial charge in [-0.1, -0.05) is 19.1 Å². The summed E-state index contributed by atoms with van der Waals surface area (Å²) in [6, 6.07) is 5.91. The smallest absolute Gasteiger partial charge is 0.241 e. The predicted octanol–water partition coefficient (Wildman–Crippen LogP) is 2.11. The van der Waals surface area contributed by atoms with Crippen LogP contribution in [0.4, 0.5) is 0 Å². The number of rotatable bonds is 6. The first-order valence-electron chi connectivity index (χ1n) is 6.80. The van der Waals surface area contributed by atoms with Crippen molar-refractivity contribution in [2.45, 2.75) is 57.1 Å². The van der Waals surface area contributed by atoms with Crippen LogP contribution in [0.3, 0.4) is 0 Å². The van der Waals surface area contributed by atoms with Gasteiger partial charge in [0, 0.05) is 12.0 Å². The summed E-state index contributed by atoms with van der Waals surface area (Å²) in [5.74, 6) is -0.117. The number of ketones is 1. The number of benzene rings is 1. The number of Topliss-reactive ketones (excluding diaryl/α,β-unsaturated/α-hetero) is 1.